The van der Waals surface area contributed by atoms with Crippen LogP contribution in [-0.4, -0.2) is 98.3 Å². The number of aliphatic hydroxyl groups excluding tert-OH is 5. The normalized spacial score (nSPS) is 24.6. The first-order valence-electron chi connectivity index (χ1n) is 18.3. The Bertz CT molecular complexity index is 875. The second-order valence-corrected chi connectivity index (χ2v) is 14.5. The van der Waals surface area contributed by atoms with Gasteiger partial charge in [-0.05, 0) is 6.42 Å². The summed E-state index contributed by atoms with van der Waals surface area (Å²) in [6, 6.07) is 0. The summed E-state index contributed by atoms with van der Waals surface area (Å²) < 4.78 is 32.5. The molecule has 0 radical (unpaired) electrons. The molecule has 13 nitrogen and oxygen atoms in total. The van der Waals surface area contributed by atoms with E-state index in [0.717, 1.165) is 19.3 Å². The predicted octanol–water partition coefficient (Wildman–Crippen LogP) is 4.99. The van der Waals surface area contributed by atoms with Crippen molar-refractivity contribution in [2.75, 3.05) is 13.2 Å². The Morgan fingerprint density at radius 2 is 0.979 bits per heavy atom. The van der Waals surface area contributed by atoms with Gasteiger partial charge in [-0.15, -0.1) is 0 Å². The van der Waals surface area contributed by atoms with Gasteiger partial charge in [-0.1, -0.05) is 129 Å². The van der Waals surface area contributed by atoms with Crippen molar-refractivity contribution < 1.29 is 63.1 Å². The Morgan fingerprint density at radius 3 is 1.40 bits per heavy atom. The number of aliphatic hydroxyl groups is 5. The van der Waals surface area contributed by atoms with Crippen LogP contribution in [0.25, 0.3) is 0 Å². The molecule has 1 rings (SSSR count). The minimum absolute atomic E-state index is 0.0520. The number of phosphoric ester groups is 1. The molecule has 48 heavy (non-hydrogen) atoms. The van der Waals surface area contributed by atoms with Gasteiger partial charge in [-0.2, -0.15) is 0 Å². The molecule has 1 saturated carbocycles. The van der Waals surface area contributed by atoms with Crippen LogP contribution in [-0.2, 0) is 32.7 Å². The largest absolute Gasteiger partial charge is 0.472 e. The maximum atomic E-state index is 12.5. The van der Waals surface area contributed by atoms with Gasteiger partial charge in [0.15, 0.2) is 6.10 Å². The van der Waals surface area contributed by atoms with E-state index < -0.39 is 75.7 Å². The fourth-order valence-corrected chi connectivity index (χ4v) is 6.65. The van der Waals surface area contributed by atoms with E-state index in [9.17, 15) is 44.6 Å². The van der Waals surface area contributed by atoms with Crippen LogP contribution in [0.15, 0.2) is 0 Å². The summed E-state index contributed by atoms with van der Waals surface area (Å²) in [7, 11) is -5.07. The molecule has 0 heterocycles. The average Bonchev–Trinajstić information content (AvgIpc) is 3.06. The molecule has 0 bridgehead atoms. The number of carbonyl (C=O) groups excluding carboxylic acids is 2. The van der Waals surface area contributed by atoms with E-state index in [1.54, 1.807) is 6.92 Å². The van der Waals surface area contributed by atoms with Crippen molar-refractivity contribution in [1.29, 1.82) is 0 Å². The van der Waals surface area contributed by atoms with E-state index in [0.29, 0.717) is 6.42 Å². The van der Waals surface area contributed by atoms with Crippen molar-refractivity contribution >= 4 is 19.8 Å². The van der Waals surface area contributed by atoms with E-state index in [1.165, 1.54) is 96.3 Å². The number of esters is 2. The van der Waals surface area contributed by atoms with Crippen molar-refractivity contribution in [2.24, 2.45) is 0 Å². The first kappa shape index (κ1) is 44.9. The van der Waals surface area contributed by atoms with Gasteiger partial charge in [0.1, 0.15) is 43.2 Å². The Morgan fingerprint density at radius 1 is 0.583 bits per heavy atom. The van der Waals surface area contributed by atoms with Crippen LogP contribution >= 0.6 is 7.82 Å². The molecule has 284 valence electrons. The molecule has 6 unspecified atom stereocenters. The van der Waals surface area contributed by atoms with Crippen molar-refractivity contribution in [3.05, 3.63) is 0 Å². The average molecular weight is 713 g/mol. The van der Waals surface area contributed by atoms with E-state index in [-0.39, 0.29) is 12.8 Å². The number of hydrogen-bond acceptors (Lipinski definition) is 12. The van der Waals surface area contributed by atoms with Crippen LogP contribution < -0.4 is 0 Å². The number of carbonyl (C=O) groups is 2. The lowest BCUT2D eigenvalue weighted by molar-refractivity contribution is -0.220. The third-order valence-corrected chi connectivity index (χ3v) is 9.74. The van der Waals surface area contributed by atoms with Gasteiger partial charge in [0, 0.05) is 12.8 Å². The summed E-state index contributed by atoms with van der Waals surface area (Å²) in [5.41, 5.74) is 0. The summed E-state index contributed by atoms with van der Waals surface area (Å²) in [5.74, 6) is -1.19. The van der Waals surface area contributed by atoms with Crippen LogP contribution in [0.5, 0.6) is 0 Å². The minimum atomic E-state index is -5.07. The van der Waals surface area contributed by atoms with E-state index in [1.807, 2.05) is 0 Å². The summed E-state index contributed by atoms with van der Waals surface area (Å²) in [4.78, 5) is 34.2. The van der Waals surface area contributed by atoms with Crippen molar-refractivity contribution in [1.82, 2.24) is 0 Å². The number of unbranched alkanes of at least 4 members (excludes halogenated alkanes) is 18. The Kier molecular flexibility index (Phi) is 24.9. The van der Waals surface area contributed by atoms with Gasteiger partial charge in [-0.25, -0.2) is 4.57 Å². The Labute approximate surface area is 287 Å². The van der Waals surface area contributed by atoms with Crippen molar-refractivity contribution in [3.8, 4) is 0 Å². The highest BCUT2D eigenvalue weighted by molar-refractivity contribution is 7.47. The summed E-state index contributed by atoms with van der Waals surface area (Å²) >= 11 is 0. The van der Waals surface area contributed by atoms with Gasteiger partial charge in [0.05, 0.1) is 6.61 Å². The highest BCUT2D eigenvalue weighted by Crippen LogP contribution is 2.47. The molecule has 0 aromatic heterocycles. The standard InChI is InChI=1S/C34H65O13P/c1-3-5-6-7-8-9-10-11-12-13-14-15-16-17-18-19-20-21-22-23-28(36)46-26(24-44-27(35)4-2)25-45-48(42,43)47-34-32(40)30(38)29(37)31(39)33(34)41/h26,29-34,37-41H,3-25H2,1-2H3,(H,42,43). The topological polar surface area (TPSA) is 210 Å². The Balaban J connectivity index is 2.24. The summed E-state index contributed by atoms with van der Waals surface area (Å²) in [6.07, 6.45) is 10.5. The van der Waals surface area contributed by atoms with Crippen molar-refractivity contribution in [3.63, 3.8) is 0 Å². The summed E-state index contributed by atoms with van der Waals surface area (Å²) in [6.45, 7) is 2.64. The number of ether oxygens (including phenoxy) is 2. The van der Waals surface area contributed by atoms with Crippen molar-refractivity contribution in [2.45, 2.75) is 191 Å². The third-order valence-electron chi connectivity index (χ3n) is 8.75. The van der Waals surface area contributed by atoms with Crippen LogP contribution in [0.2, 0.25) is 0 Å². The molecule has 6 atom stereocenters. The maximum absolute atomic E-state index is 12.5. The van der Waals surface area contributed by atoms with Gasteiger partial charge in [-0.3, -0.25) is 18.6 Å². The number of phosphoric acid groups is 1. The first-order chi connectivity index (χ1) is 22.9. The molecule has 0 amide bonds. The first-order valence-corrected chi connectivity index (χ1v) is 19.8. The SMILES string of the molecule is CCCCCCCCCCCCCCCCCCCCCC(=O)OC(COC(=O)CC)COP(=O)(O)OC1C(O)C(O)C(O)C(O)C1O. The fraction of sp³-hybridized carbons (Fsp3) is 0.941. The van der Waals surface area contributed by atoms with Gasteiger partial charge < -0.3 is 39.9 Å². The molecule has 6 N–H and O–H groups in total. The lowest BCUT2D eigenvalue weighted by atomic mass is 9.85. The van der Waals surface area contributed by atoms with E-state index in [2.05, 4.69) is 6.92 Å². The zero-order valence-corrected chi connectivity index (χ0v) is 30.2. The highest BCUT2D eigenvalue weighted by atomic mass is 31.2. The monoisotopic (exact) mass is 712 g/mol. The second kappa shape index (κ2) is 26.6. The lowest BCUT2D eigenvalue weighted by Gasteiger charge is -2.41. The predicted molar refractivity (Wildman–Crippen MR) is 180 cm³/mol. The molecule has 0 aromatic carbocycles. The molecule has 0 saturated heterocycles. The Hall–Kier alpha value is -1.15. The molecule has 0 aromatic rings. The number of hydrogen-bond donors (Lipinski definition) is 6. The van der Waals surface area contributed by atoms with E-state index in [4.69, 9.17) is 18.5 Å². The third kappa shape index (κ3) is 19.9. The van der Waals surface area contributed by atoms with Gasteiger partial charge >= 0.3 is 19.8 Å². The number of rotatable bonds is 29. The molecule has 1 aliphatic carbocycles. The summed E-state index contributed by atoms with van der Waals surface area (Å²) in [5, 5.41) is 49.4. The van der Waals surface area contributed by atoms with Gasteiger partial charge in [0.2, 0.25) is 0 Å². The molecule has 14 heteroatoms. The smallest absolute Gasteiger partial charge is 0.462 e. The molecular weight excluding hydrogens is 647 g/mol. The van der Waals surface area contributed by atoms with E-state index >= 15 is 0 Å². The quantitative estimate of drug-likeness (QED) is 0.0343. The second-order valence-electron chi connectivity index (χ2n) is 13.0. The zero-order valence-electron chi connectivity index (χ0n) is 29.3. The van der Waals surface area contributed by atoms with Crippen LogP contribution in [0, 0.1) is 0 Å². The van der Waals surface area contributed by atoms with Crippen LogP contribution in [0.1, 0.15) is 149 Å². The molecule has 1 fully saturated rings. The molecule has 1 aliphatic rings. The fourth-order valence-electron chi connectivity index (χ4n) is 5.68. The molecule has 0 aliphatic heterocycles. The maximum Gasteiger partial charge on any atom is 0.472 e. The van der Waals surface area contributed by atoms with Crippen LogP contribution in [0.3, 0.4) is 0 Å². The minimum Gasteiger partial charge on any atom is -0.462 e. The molecular formula is C34H65O13P. The molecule has 0 spiro atoms. The zero-order chi connectivity index (χ0) is 35.8. The van der Waals surface area contributed by atoms with Crippen LogP contribution in [0.4, 0.5) is 0 Å². The van der Waals surface area contributed by atoms with Gasteiger partial charge in [0.25, 0.3) is 0 Å². The highest BCUT2D eigenvalue weighted by Gasteiger charge is 2.51. The lowest BCUT2D eigenvalue weighted by Crippen LogP contribution is -2.64.